The zero-order chi connectivity index (χ0) is 16.7. The molecule has 0 spiro atoms. The van der Waals surface area contributed by atoms with Gasteiger partial charge in [-0.15, -0.1) is 23.5 Å². The Kier molecular flexibility index (Phi) is 7.63. The first-order valence-electron chi connectivity index (χ1n) is 7.13. The second kappa shape index (κ2) is 9.48. The molecule has 2 aromatic carbocycles. The van der Waals surface area contributed by atoms with E-state index in [9.17, 15) is 4.79 Å². The third kappa shape index (κ3) is 5.96. The standard InChI is InChI=1S/C17H17Cl2NOS2/c1-2-23-16-6-4-3-5-15(16)20-17(21)11-22-10-12-7-8-13(18)14(19)9-12/h3-9H,2,10-11H2,1H3,(H,20,21). The molecule has 0 heterocycles. The van der Waals surface area contributed by atoms with Crippen LogP contribution in [0, 0.1) is 0 Å². The zero-order valence-electron chi connectivity index (χ0n) is 12.6. The summed E-state index contributed by atoms with van der Waals surface area (Å²) in [5.74, 6) is 2.08. The highest BCUT2D eigenvalue weighted by Gasteiger charge is 2.07. The van der Waals surface area contributed by atoms with E-state index in [0.29, 0.717) is 15.8 Å². The maximum atomic E-state index is 12.1. The number of para-hydroxylation sites is 1. The quantitative estimate of drug-likeness (QED) is 0.594. The van der Waals surface area contributed by atoms with E-state index >= 15 is 0 Å². The van der Waals surface area contributed by atoms with Crippen LogP contribution < -0.4 is 5.32 Å². The second-order valence-corrected chi connectivity index (χ2v) is 7.82. The predicted molar refractivity (Wildman–Crippen MR) is 104 cm³/mol. The van der Waals surface area contributed by atoms with Crippen LogP contribution in [-0.2, 0) is 10.5 Å². The van der Waals surface area contributed by atoms with E-state index in [1.54, 1.807) is 29.6 Å². The minimum Gasteiger partial charge on any atom is -0.324 e. The number of nitrogens with one attached hydrogen (secondary N) is 1. The van der Waals surface area contributed by atoms with Crippen LogP contribution in [0.25, 0.3) is 0 Å². The van der Waals surface area contributed by atoms with Crippen molar-refractivity contribution in [3.8, 4) is 0 Å². The molecule has 0 aliphatic heterocycles. The van der Waals surface area contributed by atoms with Crippen molar-refractivity contribution in [1.82, 2.24) is 0 Å². The fourth-order valence-corrected chi connectivity index (χ4v) is 3.78. The van der Waals surface area contributed by atoms with E-state index in [4.69, 9.17) is 23.2 Å². The topological polar surface area (TPSA) is 29.1 Å². The summed E-state index contributed by atoms with van der Waals surface area (Å²) in [6.07, 6.45) is 0. The van der Waals surface area contributed by atoms with Gasteiger partial charge in [0.2, 0.25) is 5.91 Å². The number of benzene rings is 2. The fraction of sp³-hybridized carbons (Fsp3) is 0.235. The van der Waals surface area contributed by atoms with Crippen LogP contribution in [-0.4, -0.2) is 17.4 Å². The highest BCUT2D eigenvalue weighted by molar-refractivity contribution is 7.99. The smallest absolute Gasteiger partial charge is 0.234 e. The number of hydrogen-bond donors (Lipinski definition) is 1. The number of carbonyl (C=O) groups is 1. The normalized spacial score (nSPS) is 10.6. The van der Waals surface area contributed by atoms with E-state index in [-0.39, 0.29) is 5.91 Å². The van der Waals surface area contributed by atoms with Crippen molar-refractivity contribution in [2.45, 2.75) is 17.6 Å². The highest BCUT2D eigenvalue weighted by atomic mass is 35.5. The Bertz CT molecular complexity index is 679. The van der Waals surface area contributed by atoms with Gasteiger partial charge in [-0.3, -0.25) is 4.79 Å². The van der Waals surface area contributed by atoms with Crippen molar-refractivity contribution in [3.05, 3.63) is 58.1 Å². The minimum atomic E-state index is -0.000728. The first-order valence-corrected chi connectivity index (χ1v) is 10.0. The molecule has 0 aromatic heterocycles. The zero-order valence-corrected chi connectivity index (χ0v) is 15.8. The van der Waals surface area contributed by atoms with E-state index in [2.05, 4.69) is 12.2 Å². The molecule has 122 valence electrons. The Balaban J connectivity index is 1.84. The number of thioether (sulfide) groups is 2. The third-order valence-electron chi connectivity index (χ3n) is 2.95. The maximum Gasteiger partial charge on any atom is 0.234 e. The molecule has 0 aliphatic carbocycles. The fourth-order valence-electron chi connectivity index (χ4n) is 1.93. The lowest BCUT2D eigenvalue weighted by Gasteiger charge is -2.10. The monoisotopic (exact) mass is 385 g/mol. The van der Waals surface area contributed by atoms with Gasteiger partial charge in [0, 0.05) is 10.6 Å². The van der Waals surface area contributed by atoms with Gasteiger partial charge in [-0.25, -0.2) is 0 Å². The summed E-state index contributed by atoms with van der Waals surface area (Å²) in [7, 11) is 0. The van der Waals surface area contributed by atoms with E-state index in [0.717, 1.165) is 27.7 Å². The molecular weight excluding hydrogens is 369 g/mol. The summed E-state index contributed by atoms with van der Waals surface area (Å²) in [5, 5.41) is 4.06. The summed E-state index contributed by atoms with van der Waals surface area (Å²) in [4.78, 5) is 13.2. The molecule has 0 bridgehead atoms. The third-order valence-corrected chi connectivity index (χ3v) is 5.65. The molecule has 1 N–H and O–H groups in total. The van der Waals surface area contributed by atoms with Gasteiger partial charge in [-0.2, -0.15) is 0 Å². The second-order valence-electron chi connectivity index (χ2n) is 4.72. The number of halogens is 2. The van der Waals surface area contributed by atoms with Crippen LogP contribution in [0.5, 0.6) is 0 Å². The summed E-state index contributed by atoms with van der Waals surface area (Å²) in [6, 6.07) is 13.4. The molecule has 2 aromatic rings. The Morgan fingerprint density at radius 1 is 1.13 bits per heavy atom. The molecule has 2 nitrogen and oxygen atoms in total. The molecule has 0 saturated heterocycles. The van der Waals surface area contributed by atoms with Crippen LogP contribution in [0.4, 0.5) is 5.69 Å². The van der Waals surface area contributed by atoms with Crippen molar-refractivity contribution in [2.75, 3.05) is 16.8 Å². The molecule has 0 saturated carbocycles. The number of carbonyl (C=O) groups excluding carboxylic acids is 1. The molecule has 0 aliphatic rings. The average molecular weight is 386 g/mol. The van der Waals surface area contributed by atoms with Gasteiger partial charge in [0.05, 0.1) is 21.5 Å². The lowest BCUT2D eigenvalue weighted by Crippen LogP contribution is -2.14. The van der Waals surface area contributed by atoms with Crippen molar-refractivity contribution in [2.24, 2.45) is 0 Å². The summed E-state index contributed by atoms with van der Waals surface area (Å²) in [5.41, 5.74) is 1.93. The molecular formula is C17H17Cl2NOS2. The van der Waals surface area contributed by atoms with E-state index in [1.807, 2.05) is 36.4 Å². The van der Waals surface area contributed by atoms with Gasteiger partial charge in [0.15, 0.2) is 0 Å². The first-order chi connectivity index (χ1) is 11.1. The molecule has 0 radical (unpaired) electrons. The number of anilines is 1. The van der Waals surface area contributed by atoms with Gasteiger partial charge in [-0.05, 0) is 35.6 Å². The lowest BCUT2D eigenvalue weighted by molar-refractivity contribution is -0.113. The first kappa shape index (κ1) is 18.5. The van der Waals surface area contributed by atoms with Crippen LogP contribution in [0.3, 0.4) is 0 Å². The SMILES string of the molecule is CCSc1ccccc1NC(=O)CSCc1ccc(Cl)c(Cl)c1. The van der Waals surface area contributed by atoms with Crippen molar-refractivity contribution in [3.63, 3.8) is 0 Å². The molecule has 0 atom stereocenters. The Morgan fingerprint density at radius 2 is 1.91 bits per heavy atom. The molecule has 2 rings (SSSR count). The van der Waals surface area contributed by atoms with Crippen LogP contribution >= 0.6 is 46.7 Å². The Labute approximate surface area is 155 Å². The van der Waals surface area contributed by atoms with Crippen LogP contribution in [0.2, 0.25) is 10.0 Å². The van der Waals surface area contributed by atoms with Gasteiger partial charge >= 0.3 is 0 Å². The Morgan fingerprint density at radius 3 is 2.65 bits per heavy atom. The van der Waals surface area contributed by atoms with Crippen molar-refractivity contribution < 1.29 is 4.79 Å². The molecule has 23 heavy (non-hydrogen) atoms. The maximum absolute atomic E-state index is 12.1. The number of rotatable bonds is 7. The van der Waals surface area contributed by atoms with Crippen LogP contribution in [0.1, 0.15) is 12.5 Å². The number of hydrogen-bond acceptors (Lipinski definition) is 3. The summed E-state index contributed by atoms with van der Waals surface area (Å²) < 4.78 is 0. The molecule has 0 fully saturated rings. The van der Waals surface area contributed by atoms with Gasteiger partial charge < -0.3 is 5.32 Å². The Hall–Kier alpha value is -0.810. The van der Waals surface area contributed by atoms with Crippen LogP contribution in [0.15, 0.2) is 47.4 Å². The van der Waals surface area contributed by atoms with Crippen molar-refractivity contribution in [1.29, 1.82) is 0 Å². The lowest BCUT2D eigenvalue weighted by atomic mass is 10.2. The predicted octanol–water partition coefficient (Wildman–Crippen LogP) is 5.98. The number of amides is 1. The largest absolute Gasteiger partial charge is 0.324 e. The van der Waals surface area contributed by atoms with Gasteiger partial charge in [0.1, 0.15) is 0 Å². The average Bonchev–Trinajstić information content (AvgIpc) is 2.53. The molecule has 0 unspecified atom stereocenters. The van der Waals surface area contributed by atoms with Crippen molar-refractivity contribution >= 4 is 58.3 Å². The van der Waals surface area contributed by atoms with E-state index in [1.165, 1.54) is 0 Å². The van der Waals surface area contributed by atoms with Gasteiger partial charge in [0.25, 0.3) is 0 Å². The summed E-state index contributed by atoms with van der Waals surface area (Å²) >= 11 is 15.1. The summed E-state index contributed by atoms with van der Waals surface area (Å²) in [6.45, 7) is 2.09. The van der Waals surface area contributed by atoms with E-state index < -0.39 is 0 Å². The molecule has 6 heteroatoms. The minimum absolute atomic E-state index is 0.000728. The van der Waals surface area contributed by atoms with Gasteiger partial charge in [-0.1, -0.05) is 48.3 Å². The molecule has 1 amide bonds. The highest BCUT2D eigenvalue weighted by Crippen LogP contribution is 2.27.